The van der Waals surface area contributed by atoms with Crippen molar-refractivity contribution in [3.8, 4) is 5.75 Å². The van der Waals surface area contributed by atoms with Gasteiger partial charge in [-0.25, -0.2) is 4.98 Å². The molecule has 3 aromatic rings. The molecule has 0 fully saturated rings. The minimum absolute atomic E-state index is 0.139. The van der Waals surface area contributed by atoms with Crippen LogP contribution in [-0.4, -0.2) is 28.2 Å². The van der Waals surface area contributed by atoms with Crippen LogP contribution in [0, 0.1) is 0 Å². The quantitative estimate of drug-likeness (QED) is 0.517. The topological polar surface area (TPSA) is 73.2 Å². The lowest BCUT2D eigenvalue weighted by Crippen LogP contribution is -2.35. The monoisotopic (exact) mass is 409 g/mol. The lowest BCUT2D eigenvalue weighted by Gasteiger charge is -2.13. The molecule has 0 spiro atoms. The van der Waals surface area contributed by atoms with Gasteiger partial charge in [0.05, 0.1) is 17.3 Å². The summed E-state index contributed by atoms with van der Waals surface area (Å²) in [5.41, 5.74) is 3.05. The molecule has 0 aliphatic heterocycles. The fourth-order valence-electron chi connectivity index (χ4n) is 2.51. The Kier molecular flexibility index (Phi) is 5.59. The Bertz CT molecular complexity index is 1070. The summed E-state index contributed by atoms with van der Waals surface area (Å²) >= 11 is 1.19. The highest BCUT2D eigenvalue weighted by molar-refractivity contribution is 7.98. The number of halogens is 3. The van der Waals surface area contributed by atoms with Crippen LogP contribution in [-0.2, 0) is 11.2 Å². The van der Waals surface area contributed by atoms with Crippen LogP contribution in [0.1, 0.15) is 5.56 Å². The van der Waals surface area contributed by atoms with Crippen LogP contribution in [0.4, 0.5) is 13.2 Å². The van der Waals surface area contributed by atoms with Crippen molar-refractivity contribution in [3.63, 3.8) is 0 Å². The van der Waals surface area contributed by atoms with Gasteiger partial charge in [0, 0.05) is 0 Å². The van der Waals surface area contributed by atoms with E-state index in [1.165, 1.54) is 23.9 Å². The summed E-state index contributed by atoms with van der Waals surface area (Å²) in [5.74, 6) is -0.893. The minimum atomic E-state index is -4.78. The molecule has 6 nitrogen and oxygen atoms in total. The molecule has 0 radical (unpaired) electrons. The molecule has 10 heteroatoms. The second kappa shape index (κ2) is 7.93. The third kappa shape index (κ3) is 4.63. The van der Waals surface area contributed by atoms with Crippen molar-refractivity contribution in [2.45, 2.75) is 17.9 Å². The van der Waals surface area contributed by atoms with Crippen molar-refractivity contribution in [2.24, 2.45) is 0 Å². The molecule has 0 aliphatic carbocycles. The van der Waals surface area contributed by atoms with Crippen LogP contribution in [0.15, 0.2) is 58.5 Å². The van der Waals surface area contributed by atoms with Gasteiger partial charge in [-0.05, 0) is 36.1 Å². The minimum Gasteiger partial charge on any atom is -0.406 e. The molecular weight excluding hydrogens is 395 g/mol. The lowest BCUT2D eigenvalue weighted by atomic mass is 10.1. The number of hydrogen-bond donors (Lipinski definition) is 1. The molecular formula is C18H14F3N3O3S. The zero-order valence-corrected chi connectivity index (χ0v) is 15.3. The molecule has 1 N–H and O–H groups in total. The molecule has 0 saturated carbocycles. The fourth-order valence-corrected chi connectivity index (χ4v) is 3.01. The molecule has 0 saturated heterocycles. The summed E-state index contributed by atoms with van der Waals surface area (Å²) in [6.07, 6.45) is -3.20. The first-order chi connectivity index (χ1) is 13.3. The molecule has 1 amide bonds. The zero-order chi connectivity index (χ0) is 20.3. The summed E-state index contributed by atoms with van der Waals surface area (Å²) in [4.78, 5) is 29.3. The van der Waals surface area contributed by atoms with E-state index in [2.05, 4.69) is 15.1 Å². The van der Waals surface area contributed by atoms with Crippen molar-refractivity contribution in [3.05, 3.63) is 64.4 Å². The smallest absolute Gasteiger partial charge is 0.406 e. The highest BCUT2D eigenvalue weighted by atomic mass is 32.2. The SMILES string of the molecule is CSc1nc2ccccc2c(=O)n1NC(=O)Cc1ccc(OC(F)(F)F)cc1. The average molecular weight is 409 g/mol. The van der Waals surface area contributed by atoms with Gasteiger partial charge in [0.15, 0.2) is 5.16 Å². The van der Waals surface area contributed by atoms with Gasteiger partial charge in [-0.3, -0.25) is 15.0 Å². The van der Waals surface area contributed by atoms with E-state index >= 15 is 0 Å². The molecule has 0 aliphatic rings. The normalized spacial score (nSPS) is 11.4. The average Bonchev–Trinajstić information content (AvgIpc) is 2.64. The standard InChI is InChI=1S/C18H14F3N3O3S/c1-28-17-22-14-5-3-2-4-13(14)16(26)24(17)23-15(25)10-11-6-8-12(9-7-11)27-18(19,20)21/h2-9H,10H2,1H3,(H,23,25). The first-order valence-electron chi connectivity index (χ1n) is 7.97. The van der Waals surface area contributed by atoms with Gasteiger partial charge >= 0.3 is 6.36 Å². The Balaban J connectivity index is 1.78. The summed E-state index contributed by atoms with van der Waals surface area (Å²) in [5, 5.41) is 0.667. The number of ether oxygens (including phenoxy) is 1. The number of thioether (sulfide) groups is 1. The zero-order valence-electron chi connectivity index (χ0n) is 14.5. The first-order valence-corrected chi connectivity index (χ1v) is 9.19. The molecule has 1 heterocycles. The molecule has 3 rings (SSSR count). The Morgan fingerprint density at radius 2 is 1.86 bits per heavy atom. The van der Waals surface area contributed by atoms with Crippen LogP contribution < -0.4 is 15.7 Å². The van der Waals surface area contributed by atoms with E-state index in [0.717, 1.165) is 16.8 Å². The summed E-state index contributed by atoms with van der Waals surface area (Å²) in [6, 6.07) is 11.7. The largest absolute Gasteiger partial charge is 0.573 e. The van der Waals surface area contributed by atoms with E-state index in [1.807, 2.05) is 0 Å². The van der Waals surface area contributed by atoms with E-state index in [1.54, 1.807) is 30.5 Å². The van der Waals surface area contributed by atoms with E-state index < -0.39 is 17.8 Å². The number of aromatic nitrogens is 2. The predicted octanol–water partition coefficient (Wildman–Crippen LogP) is 3.33. The molecule has 0 bridgehead atoms. The maximum Gasteiger partial charge on any atom is 0.573 e. The third-order valence-electron chi connectivity index (χ3n) is 3.69. The highest BCUT2D eigenvalue weighted by Gasteiger charge is 2.30. The van der Waals surface area contributed by atoms with Gasteiger partial charge in [-0.1, -0.05) is 36.0 Å². The summed E-state index contributed by atoms with van der Waals surface area (Å²) in [6.45, 7) is 0. The second-order valence-corrected chi connectivity index (χ2v) is 6.43. The van der Waals surface area contributed by atoms with E-state index in [9.17, 15) is 22.8 Å². The van der Waals surface area contributed by atoms with Gasteiger partial charge in [-0.2, -0.15) is 4.68 Å². The van der Waals surface area contributed by atoms with Gasteiger partial charge in [0.1, 0.15) is 5.75 Å². The van der Waals surface area contributed by atoms with Crippen LogP contribution in [0.25, 0.3) is 10.9 Å². The van der Waals surface area contributed by atoms with Crippen LogP contribution in [0.2, 0.25) is 0 Å². The Labute approximate surface area is 161 Å². The van der Waals surface area contributed by atoms with Gasteiger partial charge in [0.25, 0.3) is 5.56 Å². The number of fused-ring (bicyclic) bond motifs is 1. The van der Waals surface area contributed by atoms with Crippen LogP contribution in [0.5, 0.6) is 5.75 Å². The highest BCUT2D eigenvalue weighted by Crippen LogP contribution is 2.23. The van der Waals surface area contributed by atoms with Crippen LogP contribution in [0.3, 0.4) is 0 Å². The van der Waals surface area contributed by atoms with E-state index in [4.69, 9.17) is 0 Å². The van der Waals surface area contributed by atoms with Gasteiger partial charge in [0.2, 0.25) is 5.91 Å². The summed E-state index contributed by atoms with van der Waals surface area (Å²) < 4.78 is 41.4. The maximum atomic E-state index is 12.6. The number of nitrogens with one attached hydrogen (secondary N) is 1. The van der Waals surface area contributed by atoms with Crippen molar-refractivity contribution in [1.82, 2.24) is 9.66 Å². The lowest BCUT2D eigenvalue weighted by molar-refractivity contribution is -0.274. The number of rotatable bonds is 5. The summed E-state index contributed by atoms with van der Waals surface area (Å²) in [7, 11) is 0. The number of benzene rings is 2. The molecule has 28 heavy (non-hydrogen) atoms. The third-order valence-corrected chi connectivity index (χ3v) is 4.32. The number of carbonyl (C=O) groups excluding carboxylic acids is 1. The Morgan fingerprint density at radius 3 is 2.50 bits per heavy atom. The van der Waals surface area contributed by atoms with Crippen molar-refractivity contribution in [1.29, 1.82) is 0 Å². The fraction of sp³-hybridized carbons (Fsp3) is 0.167. The van der Waals surface area contributed by atoms with Crippen molar-refractivity contribution < 1.29 is 22.7 Å². The molecule has 2 aromatic carbocycles. The maximum absolute atomic E-state index is 12.6. The van der Waals surface area contributed by atoms with Gasteiger partial charge in [-0.15, -0.1) is 13.2 Å². The number of carbonyl (C=O) groups is 1. The molecule has 0 unspecified atom stereocenters. The van der Waals surface area contributed by atoms with E-state index in [-0.39, 0.29) is 12.2 Å². The Hall–Kier alpha value is -3.01. The van der Waals surface area contributed by atoms with Crippen molar-refractivity contribution in [2.75, 3.05) is 11.7 Å². The number of nitrogens with zero attached hydrogens (tertiary/aromatic N) is 2. The number of amides is 1. The Morgan fingerprint density at radius 1 is 1.18 bits per heavy atom. The number of alkyl halides is 3. The van der Waals surface area contributed by atoms with Gasteiger partial charge < -0.3 is 4.74 Å². The molecule has 146 valence electrons. The van der Waals surface area contributed by atoms with E-state index in [0.29, 0.717) is 21.6 Å². The van der Waals surface area contributed by atoms with Crippen molar-refractivity contribution >= 4 is 28.6 Å². The second-order valence-electron chi connectivity index (χ2n) is 5.66. The molecule has 1 aromatic heterocycles. The van der Waals surface area contributed by atoms with Crippen LogP contribution >= 0.6 is 11.8 Å². The number of hydrogen-bond acceptors (Lipinski definition) is 5. The first kappa shape index (κ1) is 19.7. The molecule has 0 atom stereocenters. The predicted molar refractivity (Wildman–Crippen MR) is 99.0 cm³/mol. The number of para-hydroxylation sites is 1.